The number of methoxy groups -OCH3 is 1. The molecule has 0 radical (unpaired) electrons. The molecule has 0 bridgehead atoms. The summed E-state index contributed by atoms with van der Waals surface area (Å²) >= 11 is 1.51. The van der Waals surface area contributed by atoms with E-state index in [-0.39, 0.29) is 17.8 Å². The zero-order valence-corrected chi connectivity index (χ0v) is 22.4. The fourth-order valence-corrected chi connectivity index (χ4v) is 3.94. The van der Waals surface area contributed by atoms with Gasteiger partial charge in [0.1, 0.15) is 11.4 Å². The number of thioether (sulfide) groups is 1. The molecule has 0 spiro atoms. The van der Waals surface area contributed by atoms with E-state index >= 15 is 0 Å². The van der Waals surface area contributed by atoms with E-state index in [4.69, 9.17) is 14.2 Å². The lowest BCUT2D eigenvalue weighted by Gasteiger charge is -2.27. The Morgan fingerprint density at radius 1 is 1.09 bits per heavy atom. The lowest BCUT2D eigenvalue weighted by molar-refractivity contribution is -0.160. The zero-order valence-electron chi connectivity index (χ0n) is 21.6. The molecule has 4 nitrogen and oxygen atoms in total. The van der Waals surface area contributed by atoms with Crippen molar-refractivity contribution in [2.24, 2.45) is 5.92 Å². The Labute approximate surface area is 209 Å². The molecule has 5 heteroatoms. The molecule has 2 aromatic rings. The number of carbonyl (C=O) groups is 1. The van der Waals surface area contributed by atoms with Crippen molar-refractivity contribution < 1.29 is 19.0 Å². The maximum absolute atomic E-state index is 12.9. The van der Waals surface area contributed by atoms with Gasteiger partial charge in [0.05, 0.1) is 26.2 Å². The maximum Gasteiger partial charge on any atom is 0.309 e. The highest BCUT2D eigenvalue weighted by Gasteiger charge is 2.29. The standard InChI is InChI=1S/C29H38O4S/c1-21-11-14-24(18-25(21)20-32-19-23-12-15-26(31-6)16-13-23)27(10-8-9-17-34-7)22(2)28(30)33-29(3,4)5/h11-16,18,22,27H,8,10,19-20H2,1-7H3. The molecule has 34 heavy (non-hydrogen) atoms. The summed E-state index contributed by atoms with van der Waals surface area (Å²) in [6.07, 6.45) is 3.49. The van der Waals surface area contributed by atoms with Crippen molar-refractivity contribution in [1.29, 1.82) is 0 Å². The molecule has 2 atom stereocenters. The predicted octanol–water partition coefficient (Wildman–Crippen LogP) is 6.89. The first-order valence-electron chi connectivity index (χ1n) is 11.7. The van der Waals surface area contributed by atoms with E-state index in [2.05, 4.69) is 36.3 Å². The molecule has 0 aliphatic rings. The summed E-state index contributed by atoms with van der Waals surface area (Å²) in [5, 5.41) is 3.06. The molecule has 0 fully saturated rings. The monoisotopic (exact) mass is 482 g/mol. The highest BCUT2D eigenvalue weighted by atomic mass is 32.2. The number of benzene rings is 2. The molecule has 0 heterocycles. The summed E-state index contributed by atoms with van der Waals surface area (Å²) < 4.78 is 16.9. The van der Waals surface area contributed by atoms with Crippen LogP contribution < -0.4 is 4.74 Å². The molecule has 0 N–H and O–H groups in total. The Bertz CT molecular complexity index is 980. The van der Waals surface area contributed by atoms with Crippen LogP contribution in [0.5, 0.6) is 5.75 Å². The largest absolute Gasteiger partial charge is 0.497 e. The molecule has 0 aromatic heterocycles. The average molecular weight is 483 g/mol. The van der Waals surface area contributed by atoms with Crippen molar-refractivity contribution in [3.05, 3.63) is 64.7 Å². The molecule has 0 saturated carbocycles. The second-order valence-corrected chi connectivity index (χ2v) is 10.1. The summed E-state index contributed by atoms with van der Waals surface area (Å²) in [7, 11) is 1.66. The lowest BCUT2D eigenvalue weighted by Crippen LogP contribution is -2.30. The van der Waals surface area contributed by atoms with Crippen LogP contribution in [0.3, 0.4) is 0 Å². The first-order chi connectivity index (χ1) is 16.1. The van der Waals surface area contributed by atoms with Gasteiger partial charge in [-0.05, 0) is 85.9 Å². The third-order valence-corrected chi connectivity index (χ3v) is 5.97. The third kappa shape index (κ3) is 9.08. The first-order valence-corrected chi connectivity index (χ1v) is 12.9. The zero-order chi connectivity index (χ0) is 25.1. The average Bonchev–Trinajstić information content (AvgIpc) is 2.79. The van der Waals surface area contributed by atoms with Crippen LogP contribution >= 0.6 is 11.8 Å². The molecular weight excluding hydrogens is 444 g/mol. The molecular formula is C29H38O4S. The van der Waals surface area contributed by atoms with Crippen LogP contribution in [-0.2, 0) is 27.5 Å². The SMILES string of the molecule is COc1ccc(COCc2cc(C(CCC#CSC)C(C)C(=O)OC(C)(C)C)ccc2C)cc1. The minimum absolute atomic E-state index is 0.0203. The molecule has 2 rings (SSSR count). The third-order valence-electron chi connectivity index (χ3n) is 5.62. The number of hydrogen-bond donors (Lipinski definition) is 0. The van der Waals surface area contributed by atoms with Crippen molar-refractivity contribution in [3.63, 3.8) is 0 Å². The number of ether oxygens (including phenoxy) is 3. The molecule has 0 aliphatic carbocycles. The van der Waals surface area contributed by atoms with Gasteiger partial charge in [-0.1, -0.05) is 54.9 Å². The molecule has 0 amide bonds. The number of rotatable bonds is 10. The van der Waals surface area contributed by atoms with Gasteiger partial charge in [-0.15, -0.1) is 0 Å². The summed E-state index contributed by atoms with van der Waals surface area (Å²) in [5.74, 6) is 3.60. The van der Waals surface area contributed by atoms with E-state index in [1.54, 1.807) is 7.11 Å². The van der Waals surface area contributed by atoms with E-state index in [1.165, 1.54) is 17.3 Å². The van der Waals surface area contributed by atoms with Gasteiger partial charge in [0, 0.05) is 6.42 Å². The van der Waals surface area contributed by atoms with Gasteiger partial charge < -0.3 is 14.2 Å². The van der Waals surface area contributed by atoms with Gasteiger partial charge in [-0.25, -0.2) is 0 Å². The quantitative estimate of drug-likeness (QED) is 0.273. The second-order valence-electron chi connectivity index (χ2n) is 9.48. The van der Waals surface area contributed by atoms with Crippen molar-refractivity contribution >= 4 is 17.7 Å². The Balaban J connectivity index is 2.17. The van der Waals surface area contributed by atoms with E-state index in [0.29, 0.717) is 13.2 Å². The minimum atomic E-state index is -0.512. The predicted molar refractivity (Wildman–Crippen MR) is 141 cm³/mol. The highest BCUT2D eigenvalue weighted by molar-refractivity contribution is 8.03. The topological polar surface area (TPSA) is 44.8 Å². The highest BCUT2D eigenvalue weighted by Crippen LogP contribution is 2.33. The Kier molecular flexibility index (Phi) is 11.0. The Morgan fingerprint density at radius 2 is 1.79 bits per heavy atom. The van der Waals surface area contributed by atoms with Crippen LogP contribution in [0.25, 0.3) is 0 Å². The van der Waals surface area contributed by atoms with E-state index in [9.17, 15) is 4.79 Å². The number of carbonyl (C=O) groups excluding carboxylic acids is 1. The number of hydrogen-bond acceptors (Lipinski definition) is 5. The lowest BCUT2D eigenvalue weighted by atomic mass is 9.82. The van der Waals surface area contributed by atoms with Crippen LogP contribution in [0.2, 0.25) is 0 Å². The van der Waals surface area contributed by atoms with E-state index < -0.39 is 5.60 Å². The normalized spacial score (nSPS) is 12.9. The molecule has 2 unspecified atom stereocenters. The van der Waals surface area contributed by atoms with Gasteiger partial charge in [0.15, 0.2) is 0 Å². The van der Waals surface area contributed by atoms with Crippen LogP contribution in [-0.4, -0.2) is 24.9 Å². The summed E-state index contributed by atoms with van der Waals surface area (Å²) in [5.41, 5.74) is 4.01. The van der Waals surface area contributed by atoms with Gasteiger partial charge in [-0.3, -0.25) is 4.79 Å². The summed E-state index contributed by atoms with van der Waals surface area (Å²) in [6, 6.07) is 14.3. The maximum atomic E-state index is 12.9. The van der Waals surface area contributed by atoms with Gasteiger partial charge in [-0.2, -0.15) is 0 Å². The summed E-state index contributed by atoms with van der Waals surface area (Å²) in [4.78, 5) is 12.9. The van der Waals surface area contributed by atoms with Crippen molar-refractivity contribution in [3.8, 4) is 16.9 Å². The number of aryl methyl sites for hydroxylation is 1. The van der Waals surface area contributed by atoms with Crippen molar-refractivity contribution in [2.45, 2.75) is 72.2 Å². The first kappa shape index (κ1) is 27.8. The number of esters is 1. The van der Waals surface area contributed by atoms with Crippen molar-refractivity contribution in [2.75, 3.05) is 13.4 Å². The Morgan fingerprint density at radius 3 is 2.41 bits per heavy atom. The molecule has 2 aromatic carbocycles. The van der Waals surface area contributed by atoms with Crippen LogP contribution in [0.15, 0.2) is 42.5 Å². The van der Waals surface area contributed by atoms with Gasteiger partial charge in [0.2, 0.25) is 0 Å². The molecule has 184 valence electrons. The second kappa shape index (κ2) is 13.5. The van der Waals surface area contributed by atoms with Crippen LogP contribution in [0.1, 0.15) is 68.7 Å². The summed E-state index contributed by atoms with van der Waals surface area (Å²) in [6.45, 7) is 10.8. The van der Waals surface area contributed by atoms with Crippen LogP contribution in [0, 0.1) is 24.0 Å². The Hall–Kier alpha value is -2.42. The van der Waals surface area contributed by atoms with Crippen molar-refractivity contribution in [1.82, 2.24) is 0 Å². The van der Waals surface area contributed by atoms with Crippen LogP contribution in [0.4, 0.5) is 0 Å². The smallest absolute Gasteiger partial charge is 0.309 e. The minimum Gasteiger partial charge on any atom is -0.497 e. The molecule has 0 saturated heterocycles. The fraction of sp³-hybridized carbons (Fsp3) is 0.483. The van der Waals surface area contributed by atoms with Gasteiger partial charge >= 0.3 is 5.97 Å². The van der Waals surface area contributed by atoms with E-state index in [1.807, 2.05) is 58.2 Å². The molecule has 0 aliphatic heterocycles. The van der Waals surface area contributed by atoms with Gasteiger partial charge in [0.25, 0.3) is 0 Å². The fourth-order valence-electron chi connectivity index (χ4n) is 3.69. The van der Waals surface area contributed by atoms with E-state index in [0.717, 1.165) is 35.3 Å².